The molecule has 0 aliphatic rings. The summed E-state index contributed by atoms with van der Waals surface area (Å²) in [7, 11) is 0. The van der Waals surface area contributed by atoms with Crippen LogP contribution >= 0.6 is 0 Å². The SMILES string of the molecule is C.C.C.C.C.C.C.C.CC(C)C(C)(C)C.CC(C)C(C)C.CCC(C)CC.CCCC(C)C. The second-order valence-electron chi connectivity index (χ2n) is 10.1. The molecule has 0 aromatic rings. The fraction of sp³-hybridized carbons (Fsp3) is 1.00. The summed E-state index contributed by atoms with van der Waals surface area (Å²) in [4.78, 5) is 0. The van der Waals surface area contributed by atoms with Crippen LogP contribution in [0.4, 0.5) is 0 Å². The van der Waals surface area contributed by atoms with Gasteiger partial charge in [-0.15, -0.1) is 0 Å². The zero-order chi connectivity index (χ0) is 21.2. The predicted octanol–water partition coefficient (Wildman–Crippen LogP) is 15.0. The first-order valence-electron chi connectivity index (χ1n) is 11.2. The van der Waals surface area contributed by atoms with Gasteiger partial charge in [-0.25, -0.2) is 0 Å². The topological polar surface area (TPSA) is 0 Å². The van der Waals surface area contributed by atoms with Crippen LogP contribution in [0.15, 0.2) is 0 Å². The smallest absolute Gasteiger partial charge is 0.0360 e. The van der Waals surface area contributed by atoms with Gasteiger partial charge in [0.2, 0.25) is 0 Å². The number of rotatable bonds is 5. The largest absolute Gasteiger partial charge is 0.0776 e. The van der Waals surface area contributed by atoms with Crippen molar-refractivity contribution in [2.75, 3.05) is 0 Å². The normalized spacial score (nSPS) is 8.36. The monoisotopic (exact) mass is 487 g/mol. The second-order valence-corrected chi connectivity index (χ2v) is 10.1. The van der Waals surface area contributed by atoms with Crippen LogP contribution in [0.3, 0.4) is 0 Å². The number of hydrogen-bond acceptors (Lipinski definition) is 0. The standard InChI is InChI=1S/C7H16.3C6H14.8CH4/c1-6(2)7(3,4)5;1-5(2)6(3)4;1-4-5-6(2)3;1-4-6(3)5-2;;;;;;;;/h6H,1-5H3;5-6H,1-4H3;2*6H,4-5H2,1-3H3;8*1H4. The van der Waals surface area contributed by atoms with Gasteiger partial charge in [-0.3, -0.25) is 0 Å². The minimum atomic E-state index is 0. The fourth-order valence-electron chi connectivity index (χ4n) is 0.866. The van der Waals surface area contributed by atoms with E-state index in [0.29, 0.717) is 5.41 Å². The molecule has 0 fully saturated rings. The summed E-state index contributed by atoms with van der Waals surface area (Å²) < 4.78 is 0. The first-order valence-corrected chi connectivity index (χ1v) is 11.2. The molecular weight excluding hydrogens is 396 g/mol. The molecule has 0 nitrogen and oxygen atoms in total. The highest BCUT2D eigenvalue weighted by Gasteiger charge is 2.13. The van der Waals surface area contributed by atoms with Gasteiger partial charge in [-0.2, -0.15) is 0 Å². The third-order valence-electron chi connectivity index (χ3n) is 5.33. The van der Waals surface area contributed by atoms with Gasteiger partial charge >= 0.3 is 0 Å². The summed E-state index contributed by atoms with van der Waals surface area (Å²) in [6.45, 7) is 33.7. The summed E-state index contributed by atoms with van der Waals surface area (Å²) in [6.07, 6.45) is 5.37. The lowest BCUT2D eigenvalue weighted by atomic mass is 9.84. The van der Waals surface area contributed by atoms with Gasteiger partial charge in [0.1, 0.15) is 0 Å². The van der Waals surface area contributed by atoms with Crippen LogP contribution in [-0.4, -0.2) is 0 Å². The van der Waals surface area contributed by atoms with Crippen LogP contribution in [0.5, 0.6) is 0 Å². The van der Waals surface area contributed by atoms with Gasteiger partial charge in [0, 0.05) is 0 Å². The van der Waals surface area contributed by atoms with Gasteiger partial charge in [0.25, 0.3) is 0 Å². The molecule has 0 rings (SSSR count). The van der Waals surface area contributed by atoms with Crippen molar-refractivity contribution in [2.24, 2.45) is 35.0 Å². The molecule has 0 heterocycles. The molecule has 0 N–H and O–H groups in total. The van der Waals surface area contributed by atoms with Crippen molar-refractivity contribution < 1.29 is 0 Å². The summed E-state index contributed by atoms with van der Waals surface area (Å²) in [5.41, 5.74) is 0.500. The average Bonchev–Trinajstić information content (AvgIpc) is 2.47. The van der Waals surface area contributed by atoms with Gasteiger partial charge < -0.3 is 0 Å². The van der Waals surface area contributed by atoms with Crippen molar-refractivity contribution >= 4 is 0 Å². The summed E-state index contributed by atoms with van der Waals surface area (Å²) in [5, 5.41) is 0. The maximum atomic E-state index is 2.28. The van der Waals surface area contributed by atoms with Gasteiger partial charge in [0.05, 0.1) is 0 Å². The Morgan fingerprint density at radius 1 is 0.485 bits per heavy atom. The van der Waals surface area contributed by atoms with E-state index in [4.69, 9.17) is 0 Å². The Balaban J connectivity index is -0.0000000165. The van der Waals surface area contributed by atoms with Crippen molar-refractivity contribution in [3.63, 3.8) is 0 Å². The Kier molecular flexibility index (Phi) is 114. The molecule has 0 aromatic carbocycles. The maximum absolute atomic E-state index is 2.28. The van der Waals surface area contributed by atoms with E-state index in [2.05, 4.69) is 104 Å². The third-order valence-corrected chi connectivity index (χ3v) is 5.33. The van der Waals surface area contributed by atoms with E-state index in [0.717, 1.165) is 29.6 Å². The molecule has 0 aliphatic heterocycles. The highest BCUT2D eigenvalue weighted by molar-refractivity contribution is 4.64. The molecule has 0 radical (unpaired) electrons. The molecule has 0 bridgehead atoms. The van der Waals surface area contributed by atoms with Gasteiger partial charge in [0.15, 0.2) is 0 Å². The quantitative estimate of drug-likeness (QED) is 0.362. The fourth-order valence-corrected chi connectivity index (χ4v) is 0.866. The van der Waals surface area contributed by atoms with Crippen LogP contribution < -0.4 is 0 Å². The molecule has 0 saturated heterocycles. The predicted molar refractivity (Wildman–Crippen MR) is 177 cm³/mol. The molecule has 33 heavy (non-hydrogen) atoms. The molecule has 0 amide bonds. The number of hydrogen-bond donors (Lipinski definition) is 0. The van der Waals surface area contributed by atoms with Crippen molar-refractivity contribution in [3.05, 3.63) is 0 Å². The van der Waals surface area contributed by atoms with E-state index in [1.807, 2.05) is 0 Å². The minimum absolute atomic E-state index is 0. The lowest BCUT2D eigenvalue weighted by Gasteiger charge is -2.22. The first kappa shape index (κ1) is 76.6. The molecule has 0 aliphatic carbocycles. The van der Waals surface area contributed by atoms with Crippen LogP contribution in [0.1, 0.15) is 189 Å². The zero-order valence-corrected chi connectivity index (χ0v) is 21.2. The third kappa shape index (κ3) is 99.7. The summed E-state index contributed by atoms with van der Waals surface area (Å²) in [6, 6.07) is 0. The molecule has 0 heteroatoms. The van der Waals surface area contributed by atoms with Crippen LogP contribution in [0.2, 0.25) is 0 Å². The average molecular weight is 487 g/mol. The van der Waals surface area contributed by atoms with Crippen LogP contribution in [0, 0.1) is 35.0 Å². The van der Waals surface area contributed by atoms with Crippen LogP contribution in [0.25, 0.3) is 0 Å². The van der Waals surface area contributed by atoms with Gasteiger partial charge in [-0.05, 0) is 35.0 Å². The zero-order valence-electron chi connectivity index (χ0n) is 21.2. The van der Waals surface area contributed by atoms with Crippen molar-refractivity contribution in [1.82, 2.24) is 0 Å². The Labute approximate surface area is 223 Å². The molecule has 0 spiro atoms. The Morgan fingerprint density at radius 2 is 0.697 bits per heavy atom. The van der Waals surface area contributed by atoms with E-state index < -0.39 is 0 Å². The van der Waals surface area contributed by atoms with E-state index in [9.17, 15) is 0 Å². The minimum Gasteiger partial charge on any atom is -0.0776 e. The summed E-state index contributed by atoms with van der Waals surface area (Å²) >= 11 is 0. The van der Waals surface area contributed by atoms with Crippen molar-refractivity contribution in [2.45, 2.75) is 189 Å². The molecular formula is C33H90. The lowest BCUT2D eigenvalue weighted by molar-refractivity contribution is 0.283. The van der Waals surface area contributed by atoms with Crippen LogP contribution in [-0.2, 0) is 0 Å². The Hall–Kier alpha value is 0. The second kappa shape index (κ2) is 49.2. The van der Waals surface area contributed by atoms with Crippen molar-refractivity contribution in [1.29, 1.82) is 0 Å². The first-order chi connectivity index (χ1) is 11.2. The molecule has 0 unspecified atom stereocenters. The van der Waals surface area contributed by atoms with E-state index in [-0.39, 0.29) is 59.4 Å². The highest BCUT2D eigenvalue weighted by atomic mass is 14.2. The Morgan fingerprint density at radius 3 is 0.697 bits per heavy atom. The molecule has 222 valence electrons. The van der Waals surface area contributed by atoms with Gasteiger partial charge in [-0.1, -0.05) is 189 Å². The van der Waals surface area contributed by atoms with E-state index in [1.54, 1.807) is 0 Å². The van der Waals surface area contributed by atoms with E-state index in [1.165, 1.54) is 25.7 Å². The lowest BCUT2D eigenvalue weighted by Crippen LogP contribution is -2.12. The summed E-state index contributed by atoms with van der Waals surface area (Å²) in [5.74, 6) is 4.34. The highest BCUT2D eigenvalue weighted by Crippen LogP contribution is 2.23. The maximum Gasteiger partial charge on any atom is -0.0360 e. The molecule has 0 atom stereocenters. The van der Waals surface area contributed by atoms with E-state index >= 15 is 0 Å². The van der Waals surface area contributed by atoms with Crippen molar-refractivity contribution in [3.8, 4) is 0 Å². The Bertz CT molecular complexity index is 205. The molecule has 0 aromatic heterocycles. The molecule has 0 saturated carbocycles.